The van der Waals surface area contributed by atoms with Gasteiger partial charge in [-0.05, 0) is 18.5 Å². The third-order valence-electron chi connectivity index (χ3n) is 1.32. The molecule has 52 valence electrons. The molecule has 0 aromatic rings. The third-order valence-corrected chi connectivity index (χ3v) is 1.32. The fourth-order valence-corrected chi connectivity index (χ4v) is 0.832. The van der Waals surface area contributed by atoms with Gasteiger partial charge < -0.3 is 10.1 Å². The summed E-state index contributed by atoms with van der Waals surface area (Å²) in [6.07, 6.45) is 1.12. The van der Waals surface area contributed by atoms with Crippen LogP contribution in [-0.2, 0) is 4.74 Å². The molecular weight excluding hydrogens is 114 g/mol. The van der Waals surface area contributed by atoms with Crippen molar-refractivity contribution in [2.75, 3.05) is 26.3 Å². The minimum atomic E-state index is 0.729. The van der Waals surface area contributed by atoms with Gasteiger partial charge in [-0.2, -0.15) is 0 Å². The van der Waals surface area contributed by atoms with Crippen LogP contribution < -0.4 is 5.32 Å². The van der Waals surface area contributed by atoms with Crippen LogP contribution in [0.3, 0.4) is 0 Å². The van der Waals surface area contributed by atoms with E-state index >= 15 is 0 Å². The lowest BCUT2D eigenvalue weighted by Crippen LogP contribution is -2.24. The number of ether oxygens (including phenoxy) is 1. The summed E-state index contributed by atoms with van der Waals surface area (Å²) in [5.41, 5.74) is 1.15. The molecule has 0 aliphatic carbocycles. The minimum absolute atomic E-state index is 0.729. The summed E-state index contributed by atoms with van der Waals surface area (Å²) in [6, 6.07) is 0. The van der Waals surface area contributed by atoms with Gasteiger partial charge in [0.15, 0.2) is 0 Å². The maximum Gasteiger partial charge on any atom is 0.0686 e. The molecule has 0 saturated carbocycles. The first-order chi connectivity index (χ1) is 4.39. The first kappa shape index (κ1) is 6.78. The molecule has 0 radical (unpaired) electrons. The van der Waals surface area contributed by atoms with Crippen molar-refractivity contribution in [1.82, 2.24) is 5.32 Å². The van der Waals surface area contributed by atoms with Crippen molar-refractivity contribution in [2.24, 2.45) is 0 Å². The topological polar surface area (TPSA) is 21.3 Å². The molecule has 1 N–H and O–H groups in total. The van der Waals surface area contributed by atoms with E-state index in [9.17, 15) is 0 Å². The molecule has 2 heteroatoms. The normalized spacial score (nSPS) is 22.9. The van der Waals surface area contributed by atoms with E-state index in [1.165, 1.54) is 0 Å². The van der Waals surface area contributed by atoms with Gasteiger partial charge in [0.1, 0.15) is 0 Å². The van der Waals surface area contributed by atoms with Gasteiger partial charge >= 0.3 is 0 Å². The van der Waals surface area contributed by atoms with Crippen molar-refractivity contribution < 1.29 is 4.74 Å². The summed E-state index contributed by atoms with van der Waals surface area (Å²) in [4.78, 5) is 0. The van der Waals surface area contributed by atoms with Gasteiger partial charge in [0.05, 0.1) is 6.61 Å². The quantitative estimate of drug-likeness (QED) is 0.480. The van der Waals surface area contributed by atoms with Crippen LogP contribution in [0.1, 0.15) is 6.42 Å². The van der Waals surface area contributed by atoms with Crippen molar-refractivity contribution in [1.29, 1.82) is 0 Å². The Morgan fingerprint density at radius 2 is 2.44 bits per heavy atom. The molecule has 1 rings (SSSR count). The van der Waals surface area contributed by atoms with Gasteiger partial charge in [-0.1, -0.05) is 6.58 Å². The molecule has 0 unspecified atom stereocenters. The molecule has 1 fully saturated rings. The Bertz CT molecular complexity index is 91.1. The van der Waals surface area contributed by atoms with Crippen molar-refractivity contribution in [3.63, 3.8) is 0 Å². The molecule has 0 aromatic carbocycles. The Hall–Kier alpha value is -0.340. The second-order valence-electron chi connectivity index (χ2n) is 2.33. The van der Waals surface area contributed by atoms with Gasteiger partial charge in [0.25, 0.3) is 0 Å². The summed E-state index contributed by atoms with van der Waals surface area (Å²) in [5, 5.41) is 3.26. The second kappa shape index (κ2) is 3.64. The molecule has 0 amide bonds. The summed E-state index contributed by atoms with van der Waals surface area (Å²) in [5.74, 6) is 0. The molecule has 1 aliphatic heterocycles. The van der Waals surface area contributed by atoms with E-state index in [1.54, 1.807) is 0 Å². The highest BCUT2D eigenvalue weighted by Crippen LogP contribution is 1.94. The van der Waals surface area contributed by atoms with Crippen molar-refractivity contribution in [3.05, 3.63) is 12.2 Å². The number of hydrogen-bond donors (Lipinski definition) is 1. The Labute approximate surface area is 55.9 Å². The number of nitrogens with one attached hydrogen (secondary N) is 1. The Kier molecular flexibility index (Phi) is 2.74. The summed E-state index contributed by atoms with van der Waals surface area (Å²) in [6.45, 7) is 7.40. The lowest BCUT2D eigenvalue weighted by atomic mass is 10.3. The highest BCUT2D eigenvalue weighted by molar-refractivity contribution is 4.97. The largest absolute Gasteiger partial charge is 0.377 e. The summed E-state index contributed by atoms with van der Waals surface area (Å²) >= 11 is 0. The Balaban J connectivity index is 2.20. The highest BCUT2D eigenvalue weighted by atomic mass is 16.5. The zero-order valence-corrected chi connectivity index (χ0v) is 5.65. The fraction of sp³-hybridized carbons (Fsp3) is 0.714. The summed E-state index contributed by atoms with van der Waals surface area (Å²) < 4.78 is 5.25. The average Bonchev–Trinajstić information content (AvgIpc) is 1.79. The van der Waals surface area contributed by atoms with Crippen LogP contribution in [0.5, 0.6) is 0 Å². The zero-order valence-electron chi connectivity index (χ0n) is 5.65. The SMILES string of the molecule is C=C1CNCCCOC1. The van der Waals surface area contributed by atoms with E-state index in [2.05, 4.69) is 11.9 Å². The third kappa shape index (κ3) is 2.63. The first-order valence-corrected chi connectivity index (χ1v) is 3.35. The Morgan fingerprint density at radius 1 is 1.56 bits per heavy atom. The van der Waals surface area contributed by atoms with E-state index in [-0.39, 0.29) is 0 Å². The van der Waals surface area contributed by atoms with Crippen LogP contribution in [-0.4, -0.2) is 26.3 Å². The summed E-state index contributed by atoms with van der Waals surface area (Å²) in [7, 11) is 0. The molecular formula is C7H13NO. The standard InChI is InChI=1S/C7H13NO/c1-7-5-8-3-2-4-9-6-7/h8H,1-6H2. The van der Waals surface area contributed by atoms with Crippen LogP contribution in [0.2, 0.25) is 0 Å². The lowest BCUT2D eigenvalue weighted by Gasteiger charge is -2.12. The molecule has 0 spiro atoms. The van der Waals surface area contributed by atoms with Crippen molar-refractivity contribution in [3.8, 4) is 0 Å². The molecule has 0 atom stereocenters. The second-order valence-corrected chi connectivity index (χ2v) is 2.33. The monoisotopic (exact) mass is 127 g/mol. The zero-order chi connectivity index (χ0) is 6.53. The first-order valence-electron chi connectivity index (χ1n) is 3.35. The van der Waals surface area contributed by atoms with Gasteiger partial charge in [-0.25, -0.2) is 0 Å². The fourth-order valence-electron chi connectivity index (χ4n) is 0.832. The molecule has 1 saturated heterocycles. The van der Waals surface area contributed by atoms with Gasteiger partial charge in [-0.15, -0.1) is 0 Å². The van der Waals surface area contributed by atoms with Crippen LogP contribution in [0.15, 0.2) is 12.2 Å². The average molecular weight is 127 g/mol. The molecule has 1 aliphatic rings. The van der Waals surface area contributed by atoms with Gasteiger partial charge in [0, 0.05) is 13.2 Å². The molecule has 2 nitrogen and oxygen atoms in total. The predicted octanol–water partition coefficient (Wildman–Crippen LogP) is 0.552. The van der Waals surface area contributed by atoms with Crippen molar-refractivity contribution >= 4 is 0 Å². The molecule has 0 aromatic heterocycles. The van der Waals surface area contributed by atoms with E-state index in [0.717, 1.165) is 38.3 Å². The van der Waals surface area contributed by atoms with Crippen LogP contribution in [0, 0.1) is 0 Å². The van der Waals surface area contributed by atoms with Crippen LogP contribution in [0.4, 0.5) is 0 Å². The van der Waals surface area contributed by atoms with E-state index in [4.69, 9.17) is 4.74 Å². The van der Waals surface area contributed by atoms with E-state index in [0.29, 0.717) is 0 Å². The van der Waals surface area contributed by atoms with Gasteiger partial charge in [-0.3, -0.25) is 0 Å². The molecule has 0 bridgehead atoms. The predicted molar refractivity (Wildman–Crippen MR) is 37.4 cm³/mol. The molecule has 9 heavy (non-hydrogen) atoms. The van der Waals surface area contributed by atoms with Crippen LogP contribution in [0.25, 0.3) is 0 Å². The molecule has 1 heterocycles. The van der Waals surface area contributed by atoms with Crippen molar-refractivity contribution in [2.45, 2.75) is 6.42 Å². The maximum absolute atomic E-state index is 5.25. The number of rotatable bonds is 0. The maximum atomic E-state index is 5.25. The number of hydrogen-bond acceptors (Lipinski definition) is 2. The smallest absolute Gasteiger partial charge is 0.0686 e. The lowest BCUT2D eigenvalue weighted by molar-refractivity contribution is 0.146. The highest BCUT2D eigenvalue weighted by Gasteiger charge is 1.98. The minimum Gasteiger partial charge on any atom is -0.377 e. The van der Waals surface area contributed by atoms with Crippen LogP contribution >= 0.6 is 0 Å². The Morgan fingerprint density at radius 3 is 3.33 bits per heavy atom. The van der Waals surface area contributed by atoms with Gasteiger partial charge in [0.2, 0.25) is 0 Å². The van der Waals surface area contributed by atoms with E-state index in [1.807, 2.05) is 0 Å². The van der Waals surface area contributed by atoms with E-state index < -0.39 is 0 Å².